The Labute approximate surface area is 122 Å². The Morgan fingerprint density at radius 3 is 2.90 bits per heavy atom. The van der Waals surface area contributed by atoms with E-state index in [-0.39, 0.29) is 12.6 Å². The second kappa shape index (κ2) is 4.94. The topological polar surface area (TPSA) is 44.1 Å². The molecule has 20 heavy (non-hydrogen) atoms. The van der Waals surface area contributed by atoms with Gasteiger partial charge in [-0.3, -0.25) is 9.48 Å². The molecule has 1 heterocycles. The fourth-order valence-electron chi connectivity index (χ4n) is 2.36. The smallest absolute Gasteiger partial charge is 0.316 e. The number of carbonyl (C=O) groups is 1. The fraction of sp³-hybridized carbons (Fsp3) is 0.333. The Morgan fingerprint density at radius 1 is 1.50 bits per heavy atom. The van der Waals surface area contributed by atoms with E-state index in [1.54, 1.807) is 10.9 Å². The standard InChI is InChI=1S/C15H15ClN2O2/c1-18-9-11(8-17-18)10-20-14(19)15(5-6-15)12-3-2-4-13(16)7-12/h2-4,7-9H,5-6,10H2,1H3. The lowest BCUT2D eigenvalue weighted by molar-refractivity contribution is -0.148. The van der Waals surface area contributed by atoms with Gasteiger partial charge in [0.2, 0.25) is 0 Å². The van der Waals surface area contributed by atoms with E-state index in [4.69, 9.17) is 16.3 Å². The van der Waals surface area contributed by atoms with Crippen LogP contribution in [0.5, 0.6) is 0 Å². The number of nitrogens with zero attached hydrogens (tertiary/aromatic N) is 2. The van der Waals surface area contributed by atoms with Crippen molar-refractivity contribution >= 4 is 17.6 Å². The van der Waals surface area contributed by atoms with Crippen molar-refractivity contribution in [2.75, 3.05) is 0 Å². The molecule has 0 spiro atoms. The van der Waals surface area contributed by atoms with Crippen molar-refractivity contribution in [1.29, 1.82) is 0 Å². The Morgan fingerprint density at radius 2 is 2.30 bits per heavy atom. The molecule has 1 aromatic carbocycles. The maximum atomic E-state index is 12.3. The zero-order valence-corrected chi connectivity index (χ0v) is 11.9. The van der Waals surface area contributed by atoms with Crippen LogP contribution in [0.4, 0.5) is 0 Å². The monoisotopic (exact) mass is 290 g/mol. The van der Waals surface area contributed by atoms with Gasteiger partial charge in [0.25, 0.3) is 0 Å². The third-order valence-electron chi connectivity index (χ3n) is 3.65. The summed E-state index contributed by atoms with van der Waals surface area (Å²) >= 11 is 6.00. The number of aromatic nitrogens is 2. The van der Waals surface area contributed by atoms with Gasteiger partial charge >= 0.3 is 5.97 Å². The van der Waals surface area contributed by atoms with E-state index in [1.165, 1.54) is 0 Å². The quantitative estimate of drug-likeness (QED) is 0.813. The van der Waals surface area contributed by atoms with Crippen molar-refractivity contribution in [3.63, 3.8) is 0 Å². The first kappa shape index (κ1) is 13.2. The van der Waals surface area contributed by atoms with E-state index < -0.39 is 5.41 Å². The molecule has 1 aromatic heterocycles. The summed E-state index contributed by atoms with van der Waals surface area (Å²) in [6.45, 7) is 0.259. The maximum Gasteiger partial charge on any atom is 0.316 e. The van der Waals surface area contributed by atoms with Crippen LogP contribution in [-0.2, 0) is 28.6 Å². The zero-order valence-electron chi connectivity index (χ0n) is 11.2. The van der Waals surface area contributed by atoms with Crippen molar-refractivity contribution in [2.45, 2.75) is 24.9 Å². The third kappa shape index (κ3) is 2.43. The number of aryl methyl sites for hydroxylation is 1. The molecule has 0 N–H and O–H groups in total. The van der Waals surface area contributed by atoms with Crippen LogP contribution >= 0.6 is 11.6 Å². The average molecular weight is 291 g/mol. The lowest BCUT2D eigenvalue weighted by Crippen LogP contribution is -2.23. The van der Waals surface area contributed by atoms with Crippen molar-refractivity contribution < 1.29 is 9.53 Å². The molecule has 1 aliphatic carbocycles. The molecule has 0 bridgehead atoms. The highest BCUT2D eigenvalue weighted by atomic mass is 35.5. The minimum atomic E-state index is -0.493. The highest BCUT2D eigenvalue weighted by Crippen LogP contribution is 2.49. The van der Waals surface area contributed by atoms with Crippen LogP contribution in [0.2, 0.25) is 5.02 Å². The first-order valence-corrected chi connectivity index (χ1v) is 6.89. The van der Waals surface area contributed by atoms with Crippen molar-refractivity contribution in [2.24, 2.45) is 7.05 Å². The van der Waals surface area contributed by atoms with E-state index in [2.05, 4.69) is 5.10 Å². The molecule has 0 aliphatic heterocycles. The molecule has 0 unspecified atom stereocenters. The van der Waals surface area contributed by atoms with Gasteiger partial charge in [0.05, 0.1) is 11.6 Å². The lowest BCUT2D eigenvalue weighted by atomic mass is 9.96. The molecule has 2 aromatic rings. The molecule has 3 rings (SSSR count). The van der Waals surface area contributed by atoms with Crippen molar-refractivity contribution in [1.82, 2.24) is 9.78 Å². The van der Waals surface area contributed by atoms with Crippen LogP contribution in [0.3, 0.4) is 0 Å². The molecule has 1 aliphatic rings. The van der Waals surface area contributed by atoms with Crippen LogP contribution < -0.4 is 0 Å². The van der Waals surface area contributed by atoms with Gasteiger partial charge < -0.3 is 4.74 Å². The van der Waals surface area contributed by atoms with Gasteiger partial charge in [-0.15, -0.1) is 0 Å². The third-order valence-corrected chi connectivity index (χ3v) is 3.88. The first-order valence-electron chi connectivity index (χ1n) is 6.51. The minimum Gasteiger partial charge on any atom is -0.460 e. The van der Waals surface area contributed by atoms with Gasteiger partial charge in [-0.1, -0.05) is 23.7 Å². The summed E-state index contributed by atoms with van der Waals surface area (Å²) in [6, 6.07) is 7.46. The molecule has 0 atom stereocenters. The molecule has 104 valence electrons. The van der Waals surface area contributed by atoms with Gasteiger partial charge in [0.15, 0.2) is 0 Å². The summed E-state index contributed by atoms with van der Waals surface area (Å²) in [5.41, 5.74) is 1.34. The predicted molar refractivity (Wildman–Crippen MR) is 75.4 cm³/mol. The summed E-state index contributed by atoms with van der Waals surface area (Å²) in [7, 11) is 1.83. The second-order valence-corrected chi connectivity index (χ2v) is 5.63. The van der Waals surface area contributed by atoms with Crippen molar-refractivity contribution in [3.05, 3.63) is 52.8 Å². The van der Waals surface area contributed by atoms with E-state index in [9.17, 15) is 4.79 Å². The Balaban J connectivity index is 1.70. The highest BCUT2D eigenvalue weighted by Gasteiger charge is 2.52. The molecule has 0 radical (unpaired) electrons. The number of halogens is 1. The van der Waals surface area contributed by atoms with E-state index in [0.29, 0.717) is 5.02 Å². The Hall–Kier alpha value is -1.81. The predicted octanol–water partition coefficient (Wildman–Crippen LogP) is 2.85. The van der Waals surface area contributed by atoms with Gasteiger partial charge in [-0.2, -0.15) is 5.10 Å². The van der Waals surface area contributed by atoms with Crippen LogP contribution in [0.1, 0.15) is 24.0 Å². The Bertz CT molecular complexity index is 647. The molecular weight excluding hydrogens is 276 g/mol. The first-order chi connectivity index (χ1) is 9.60. The Kier molecular flexibility index (Phi) is 3.26. The van der Waals surface area contributed by atoms with Gasteiger partial charge in [0.1, 0.15) is 6.61 Å². The van der Waals surface area contributed by atoms with E-state index in [1.807, 2.05) is 37.5 Å². The normalized spacial score (nSPS) is 15.9. The molecule has 4 nitrogen and oxygen atoms in total. The lowest BCUT2D eigenvalue weighted by Gasteiger charge is -2.14. The maximum absolute atomic E-state index is 12.3. The highest BCUT2D eigenvalue weighted by molar-refractivity contribution is 6.30. The van der Waals surface area contributed by atoms with E-state index >= 15 is 0 Å². The number of carbonyl (C=O) groups excluding carboxylic acids is 1. The molecule has 1 fully saturated rings. The number of hydrogen-bond donors (Lipinski definition) is 0. The summed E-state index contributed by atoms with van der Waals surface area (Å²) in [6.07, 6.45) is 5.18. The summed E-state index contributed by atoms with van der Waals surface area (Å²) < 4.78 is 7.12. The second-order valence-electron chi connectivity index (χ2n) is 5.19. The number of rotatable bonds is 4. The summed E-state index contributed by atoms with van der Waals surface area (Å²) in [5.74, 6) is -0.177. The fourth-order valence-corrected chi connectivity index (χ4v) is 2.55. The molecule has 5 heteroatoms. The minimum absolute atomic E-state index is 0.177. The van der Waals surface area contributed by atoms with E-state index in [0.717, 1.165) is 24.0 Å². The molecule has 1 saturated carbocycles. The van der Waals surface area contributed by atoms with Gasteiger partial charge in [-0.05, 0) is 30.5 Å². The molecular formula is C15H15ClN2O2. The zero-order chi connectivity index (χ0) is 14.2. The molecule has 0 amide bonds. The van der Waals surface area contributed by atoms with Crippen LogP contribution in [-0.4, -0.2) is 15.7 Å². The van der Waals surface area contributed by atoms with Gasteiger partial charge in [0, 0.05) is 23.8 Å². The average Bonchev–Trinajstić information content (AvgIpc) is 3.14. The van der Waals surface area contributed by atoms with Crippen LogP contribution in [0, 0.1) is 0 Å². The number of esters is 1. The number of hydrogen-bond acceptors (Lipinski definition) is 3. The SMILES string of the molecule is Cn1cc(COC(=O)C2(c3cccc(Cl)c3)CC2)cn1. The van der Waals surface area contributed by atoms with Crippen molar-refractivity contribution in [3.8, 4) is 0 Å². The van der Waals surface area contributed by atoms with Crippen LogP contribution in [0.25, 0.3) is 0 Å². The summed E-state index contributed by atoms with van der Waals surface area (Å²) in [4.78, 5) is 12.3. The summed E-state index contributed by atoms with van der Waals surface area (Å²) in [5, 5.41) is 4.70. The van der Waals surface area contributed by atoms with Gasteiger partial charge in [-0.25, -0.2) is 0 Å². The largest absolute Gasteiger partial charge is 0.460 e. The number of ether oxygens (including phenoxy) is 1. The number of benzene rings is 1. The van der Waals surface area contributed by atoms with Crippen LogP contribution in [0.15, 0.2) is 36.7 Å². The molecule has 0 saturated heterocycles.